The number of rotatable bonds is 3. The third-order valence-corrected chi connectivity index (χ3v) is 11.9. The number of hydrogen-bond donors (Lipinski definition) is 0. The standard InChI is InChI=1S/C3H3F7N5O3P5/c4-19(1-16)11-20(5,2-17)13-22(7,8)15-23(9,10)14-21(6,3-18)12-19/h1-3H. The first kappa shape index (κ1) is 20.7. The number of hydrogen-bond acceptors (Lipinski definition) is 8. The molecule has 0 saturated heterocycles. The minimum absolute atomic E-state index is 0.973. The number of halogens is 7. The molecule has 0 aromatic carbocycles. The summed E-state index contributed by atoms with van der Waals surface area (Å²) in [6.45, 7) is 0. The molecule has 20 heteroatoms. The van der Waals surface area contributed by atoms with Crippen LogP contribution in [0.3, 0.4) is 0 Å². The van der Waals surface area contributed by atoms with Crippen LogP contribution in [0.2, 0.25) is 0 Å². The van der Waals surface area contributed by atoms with Crippen LogP contribution in [0.1, 0.15) is 0 Å². The Hall–Kier alpha value is -0.330. The Labute approximate surface area is 123 Å². The van der Waals surface area contributed by atoms with Crippen molar-refractivity contribution in [3.05, 3.63) is 0 Å². The highest BCUT2D eigenvalue weighted by molar-refractivity contribution is 7.92. The van der Waals surface area contributed by atoms with Crippen LogP contribution in [0.4, 0.5) is 29.4 Å². The fourth-order valence-electron chi connectivity index (χ4n) is 0.999. The van der Waals surface area contributed by atoms with Crippen molar-refractivity contribution in [2.75, 3.05) is 0 Å². The summed E-state index contributed by atoms with van der Waals surface area (Å²) in [4.78, 5) is 31.6. The molecule has 8 nitrogen and oxygen atoms in total. The average Bonchev–Trinajstić information content (AvgIpc) is 2.34. The molecule has 1 aliphatic heterocycles. The van der Waals surface area contributed by atoms with Gasteiger partial charge in [0.05, 0.1) is 0 Å². The summed E-state index contributed by atoms with van der Waals surface area (Å²) >= 11 is 0. The van der Waals surface area contributed by atoms with Gasteiger partial charge in [-0.1, -0.05) is 0 Å². The van der Waals surface area contributed by atoms with Crippen molar-refractivity contribution in [1.29, 1.82) is 0 Å². The second kappa shape index (κ2) is 6.52. The maximum absolute atomic E-state index is 14.0. The maximum atomic E-state index is 14.0. The van der Waals surface area contributed by atoms with Crippen molar-refractivity contribution in [2.24, 2.45) is 22.6 Å². The Balaban J connectivity index is 4.20. The van der Waals surface area contributed by atoms with E-state index in [1.165, 1.54) is 4.52 Å². The molecule has 0 spiro atoms. The topological polar surface area (TPSA) is 113 Å². The van der Waals surface area contributed by atoms with Crippen LogP contribution in [0.5, 0.6) is 0 Å². The summed E-state index contributed by atoms with van der Waals surface area (Å²) in [5, 5.41) is 0. The number of nitrogens with zero attached hydrogens (tertiary/aromatic N) is 5. The SMILES string of the molecule is O=CP1(F)=NP(F)(F)=NP(F)(F)=NP(F)(C=O)=NP(F)(C=O)=N1. The molecule has 132 valence electrons. The molecule has 1 aliphatic rings. The van der Waals surface area contributed by atoms with E-state index in [2.05, 4.69) is 9.03 Å². The lowest BCUT2D eigenvalue weighted by Gasteiger charge is -2.12. The van der Waals surface area contributed by atoms with E-state index in [0.29, 0.717) is 0 Å². The van der Waals surface area contributed by atoms with Gasteiger partial charge in [-0.2, -0.15) is 21.6 Å². The van der Waals surface area contributed by atoms with Crippen molar-refractivity contribution in [2.45, 2.75) is 0 Å². The predicted molar refractivity (Wildman–Crippen MR) is 74.7 cm³/mol. The number of carbonyl (C=O) groups excluding carboxylic acids is 3. The second-order valence-corrected chi connectivity index (χ2v) is 12.8. The molecule has 3 atom stereocenters. The Morgan fingerprint density at radius 1 is 0.478 bits per heavy atom. The zero-order chi connectivity index (χ0) is 18.2. The molecular weight excluding hydrogens is 442 g/mol. The first-order chi connectivity index (χ1) is 10.2. The van der Waals surface area contributed by atoms with Gasteiger partial charge in [-0.15, -0.1) is 30.3 Å². The molecule has 0 bridgehead atoms. The average molecular weight is 445 g/mol. The minimum atomic E-state index is -6.61. The molecule has 1 rings (SSSR count). The van der Waals surface area contributed by atoms with E-state index in [9.17, 15) is 43.8 Å². The molecule has 0 aliphatic carbocycles. The summed E-state index contributed by atoms with van der Waals surface area (Å²) in [5.41, 5.74) is 0. The third-order valence-electron chi connectivity index (χ3n) is 1.59. The van der Waals surface area contributed by atoms with Crippen LogP contribution in [0.15, 0.2) is 22.6 Å². The summed E-state index contributed by atoms with van der Waals surface area (Å²) in [7, 11) is -30.7. The van der Waals surface area contributed by atoms with Gasteiger partial charge < -0.3 is 0 Å². The molecule has 0 amide bonds. The maximum Gasteiger partial charge on any atom is 0.423 e. The van der Waals surface area contributed by atoms with Crippen molar-refractivity contribution >= 4 is 56.3 Å². The van der Waals surface area contributed by atoms with Crippen LogP contribution < -0.4 is 0 Å². The van der Waals surface area contributed by atoms with E-state index in [-0.39, 0.29) is 0 Å². The molecule has 0 N–H and O–H groups in total. The fourth-order valence-corrected chi connectivity index (χ4v) is 10.6. The monoisotopic (exact) mass is 445 g/mol. The quantitative estimate of drug-likeness (QED) is 0.257. The molecule has 1 heterocycles. The Morgan fingerprint density at radius 3 is 1.17 bits per heavy atom. The Morgan fingerprint density at radius 2 is 0.783 bits per heavy atom. The van der Waals surface area contributed by atoms with Gasteiger partial charge in [0.2, 0.25) is 18.1 Å². The largest absolute Gasteiger partial charge is 0.423 e. The lowest BCUT2D eigenvalue weighted by molar-refractivity contribution is 0.566. The van der Waals surface area contributed by atoms with E-state index in [4.69, 9.17) is 0 Å². The molecule has 0 saturated carbocycles. The summed E-state index contributed by atoms with van der Waals surface area (Å²) in [6, 6.07) is -3.03. The van der Waals surface area contributed by atoms with Crippen LogP contribution in [-0.4, -0.2) is 18.1 Å². The summed E-state index contributed by atoms with van der Waals surface area (Å²) < 4.78 is 104. The van der Waals surface area contributed by atoms with E-state index in [1.807, 2.05) is 9.03 Å². The van der Waals surface area contributed by atoms with Crippen LogP contribution in [0.25, 0.3) is 0 Å². The molecule has 0 aromatic heterocycles. The highest BCUT2D eigenvalue weighted by Crippen LogP contribution is 2.80. The molecule has 3 unspecified atom stereocenters. The van der Waals surface area contributed by atoms with Crippen molar-refractivity contribution in [3.8, 4) is 0 Å². The lowest BCUT2D eigenvalue weighted by Crippen LogP contribution is -1.79. The molecule has 23 heavy (non-hydrogen) atoms. The molecule has 0 fully saturated rings. The smallest absolute Gasteiger partial charge is 0.292 e. The van der Waals surface area contributed by atoms with E-state index in [0.717, 1.165) is 0 Å². The normalized spacial score (nSPS) is 39.1. The van der Waals surface area contributed by atoms with Crippen molar-refractivity contribution < 1.29 is 43.8 Å². The molecule has 0 radical (unpaired) electrons. The summed E-state index contributed by atoms with van der Waals surface area (Å²) in [5.74, 6) is 0. The molecular formula is C3H3F7N5O3P5. The third kappa shape index (κ3) is 5.61. The van der Waals surface area contributed by atoms with Gasteiger partial charge in [0.15, 0.2) is 0 Å². The lowest BCUT2D eigenvalue weighted by atomic mass is 11.8. The Kier molecular flexibility index (Phi) is 5.88. The van der Waals surface area contributed by atoms with Crippen LogP contribution >= 0.6 is 38.2 Å². The van der Waals surface area contributed by atoms with Crippen molar-refractivity contribution in [1.82, 2.24) is 0 Å². The highest BCUT2D eigenvalue weighted by Gasteiger charge is 2.38. The minimum Gasteiger partial charge on any atom is -0.292 e. The fraction of sp³-hybridized carbons (Fsp3) is 0. The van der Waals surface area contributed by atoms with Crippen LogP contribution in [-0.2, 0) is 14.4 Å². The first-order valence-electron chi connectivity index (χ1n) is 4.66. The van der Waals surface area contributed by atoms with Gasteiger partial charge in [-0.3, -0.25) is 14.4 Å². The van der Waals surface area contributed by atoms with E-state index >= 15 is 0 Å². The predicted octanol–water partition coefficient (Wildman–Crippen LogP) is 7.34. The number of carbonyl (C=O) groups is 3. The summed E-state index contributed by atoms with van der Waals surface area (Å²) in [6.07, 6.45) is 0. The zero-order valence-electron chi connectivity index (χ0n) is 10.1. The first-order valence-corrected chi connectivity index (χ1v) is 12.6. The van der Waals surface area contributed by atoms with Gasteiger partial charge in [0.1, 0.15) is 0 Å². The van der Waals surface area contributed by atoms with Gasteiger partial charge in [0.25, 0.3) is 0 Å². The second-order valence-electron chi connectivity index (χ2n) is 3.38. The Bertz CT molecular complexity index is 821. The van der Waals surface area contributed by atoms with Crippen LogP contribution in [0, 0.1) is 0 Å². The van der Waals surface area contributed by atoms with Gasteiger partial charge >= 0.3 is 38.2 Å². The van der Waals surface area contributed by atoms with Gasteiger partial charge in [0, 0.05) is 0 Å². The van der Waals surface area contributed by atoms with Gasteiger partial charge in [-0.05, 0) is 0 Å². The highest BCUT2D eigenvalue weighted by atomic mass is 31.3. The van der Waals surface area contributed by atoms with Gasteiger partial charge in [-0.25, -0.2) is 0 Å². The van der Waals surface area contributed by atoms with E-state index in [1.54, 1.807) is 0 Å². The molecule has 0 aromatic rings. The zero-order valence-corrected chi connectivity index (χ0v) is 14.5. The van der Waals surface area contributed by atoms with E-state index < -0.39 is 56.3 Å². The van der Waals surface area contributed by atoms with Crippen molar-refractivity contribution in [3.63, 3.8) is 0 Å².